The Morgan fingerprint density at radius 3 is 1.10 bits per heavy atom. The zero-order valence-electron chi connectivity index (χ0n) is 53.0. The number of rotatable bonds is 11. The zero-order valence-corrected chi connectivity index (χ0v) is 53.0. The fourth-order valence-electron chi connectivity index (χ4n) is 16.0. The molecule has 0 radical (unpaired) electrons. The molecule has 15 aromatic carbocycles. The first-order valence-corrected chi connectivity index (χ1v) is 33.5. The lowest BCUT2D eigenvalue weighted by molar-refractivity contribution is 0.488. The number of fused-ring (bicyclic) bond motifs is 8. The van der Waals surface area contributed by atoms with Crippen molar-refractivity contribution in [3.05, 3.63) is 364 Å². The van der Waals surface area contributed by atoms with Crippen LogP contribution in [0.2, 0.25) is 0 Å². The van der Waals surface area contributed by atoms with E-state index in [1.54, 1.807) is 0 Å². The van der Waals surface area contributed by atoms with Gasteiger partial charge in [-0.15, -0.1) is 0 Å². The van der Waals surface area contributed by atoms with Crippen LogP contribution in [0.5, 0.6) is 11.5 Å². The van der Waals surface area contributed by atoms with Gasteiger partial charge in [-0.3, -0.25) is 0 Å². The molecule has 0 spiro atoms. The molecule has 5 nitrogen and oxygen atoms in total. The summed E-state index contributed by atoms with van der Waals surface area (Å²) in [7, 11) is 0. The van der Waals surface area contributed by atoms with E-state index in [-0.39, 0.29) is 13.4 Å². The molecule has 0 N–H and O–H groups in total. The lowest BCUT2D eigenvalue weighted by Crippen LogP contribution is -2.64. The maximum Gasteiger partial charge on any atom is 0.256 e. The van der Waals surface area contributed by atoms with E-state index < -0.39 is 0 Å². The molecule has 0 atom stereocenters. The predicted octanol–water partition coefficient (Wildman–Crippen LogP) is 20.0. The van der Waals surface area contributed by atoms with Crippen LogP contribution < -0.4 is 57.1 Å². The normalized spacial score (nSPS) is 12.7. The Labute approximate surface area is 566 Å². The summed E-state index contributed by atoms with van der Waals surface area (Å²) in [5.41, 5.74) is 31.3. The Kier molecular flexibility index (Phi) is 13.4. The average Bonchev–Trinajstić information content (AvgIpc) is 0.689. The van der Waals surface area contributed by atoms with Gasteiger partial charge in [0.2, 0.25) is 0 Å². The average molecular weight is 1240 g/mol. The molecule has 0 aromatic heterocycles. The third-order valence-corrected chi connectivity index (χ3v) is 20.0. The second-order valence-electron chi connectivity index (χ2n) is 25.4. The highest BCUT2D eigenvalue weighted by molar-refractivity contribution is 7.02. The lowest BCUT2D eigenvalue weighted by atomic mass is 9.30. The molecule has 19 rings (SSSR count). The maximum absolute atomic E-state index is 7.88. The van der Waals surface area contributed by atoms with E-state index in [1.165, 1.54) is 21.9 Å². The number of anilines is 12. The molecule has 7 heteroatoms. The van der Waals surface area contributed by atoms with Crippen molar-refractivity contribution in [1.29, 1.82) is 0 Å². The van der Waals surface area contributed by atoms with Gasteiger partial charge in [0.1, 0.15) is 11.5 Å². The summed E-state index contributed by atoms with van der Waals surface area (Å²) in [5, 5.41) is 0. The summed E-state index contributed by atoms with van der Waals surface area (Å²) in [6, 6.07) is 134. The third-order valence-electron chi connectivity index (χ3n) is 20.0. The highest BCUT2D eigenvalue weighted by Gasteiger charge is 2.49. The molecule has 97 heavy (non-hydrogen) atoms. The summed E-state index contributed by atoms with van der Waals surface area (Å²) in [6.07, 6.45) is 0. The number of hydrogen-bond acceptors (Lipinski definition) is 5. The van der Waals surface area contributed by atoms with Gasteiger partial charge in [0.15, 0.2) is 0 Å². The highest BCUT2D eigenvalue weighted by Crippen LogP contribution is 2.54. The van der Waals surface area contributed by atoms with Crippen molar-refractivity contribution in [2.75, 3.05) is 19.6 Å². The summed E-state index contributed by atoms with van der Waals surface area (Å²) in [5.74, 6) is 1.66. The Bertz CT molecular complexity index is 5430. The van der Waals surface area contributed by atoms with E-state index in [0.29, 0.717) is 0 Å². The molecule has 0 fully saturated rings. The molecule has 0 saturated carbocycles. The van der Waals surface area contributed by atoms with Gasteiger partial charge in [0, 0.05) is 73.8 Å². The molecule has 0 bridgehead atoms. The van der Waals surface area contributed by atoms with Gasteiger partial charge in [0.05, 0.1) is 22.7 Å². The van der Waals surface area contributed by atoms with E-state index >= 15 is 0 Å². The number of nitrogens with zero attached hydrogens (tertiary/aromatic N) is 4. The van der Waals surface area contributed by atoms with Crippen LogP contribution in [0.25, 0.3) is 55.6 Å². The van der Waals surface area contributed by atoms with E-state index in [4.69, 9.17) is 4.74 Å². The Morgan fingerprint density at radius 1 is 0.216 bits per heavy atom. The summed E-state index contributed by atoms with van der Waals surface area (Å²) < 4.78 is 7.88. The fourth-order valence-corrected chi connectivity index (χ4v) is 16.0. The quantitative estimate of drug-likeness (QED) is 0.120. The minimum atomic E-state index is -0.236. The first-order valence-electron chi connectivity index (χ1n) is 33.5. The summed E-state index contributed by atoms with van der Waals surface area (Å²) in [4.78, 5) is 10.1. The van der Waals surface area contributed by atoms with E-state index in [9.17, 15) is 0 Å². The van der Waals surface area contributed by atoms with Crippen LogP contribution in [0.3, 0.4) is 0 Å². The maximum atomic E-state index is 7.88. The second kappa shape index (κ2) is 23.2. The zero-order chi connectivity index (χ0) is 63.9. The molecule has 0 unspecified atom stereocenters. The largest absolute Gasteiger partial charge is 0.458 e. The van der Waals surface area contributed by atoms with E-state index in [0.717, 1.165) is 146 Å². The SMILES string of the molecule is c1ccc(-c2cc3c4c(c2)N(c2c(-c5ccccc5)cccc2-c2ccccc2)c2ccccc2B4c2cc4c(cc2O3)N(c2ccccc2-c2ccccc2)c2cc(N(c3ccccc3)c3ccccc3)cc3c2B4c2ccccc2N3c2ccccc2-c2ccccc2)cc1. The Balaban J connectivity index is 0.917. The first kappa shape index (κ1) is 56.0. The topological polar surface area (TPSA) is 22.2 Å². The highest BCUT2D eigenvalue weighted by atomic mass is 16.5. The van der Waals surface area contributed by atoms with Gasteiger partial charge in [-0.1, -0.05) is 285 Å². The van der Waals surface area contributed by atoms with Crippen LogP contribution in [0.4, 0.5) is 68.2 Å². The monoisotopic (exact) mass is 1230 g/mol. The van der Waals surface area contributed by atoms with Crippen LogP contribution >= 0.6 is 0 Å². The lowest BCUT2D eigenvalue weighted by Gasteiger charge is -2.46. The van der Waals surface area contributed by atoms with Crippen molar-refractivity contribution in [1.82, 2.24) is 0 Å². The molecular formula is C90H60B2N4O. The minimum absolute atomic E-state index is 0.230. The molecule has 0 aliphatic carbocycles. The first-order chi connectivity index (χ1) is 48.2. The minimum Gasteiger partial charge on any atom is -0.458 e. The summed E-state index contributed by atoms with van der Waals surface area (Å²) >= 11 is 0. The van der Waals surface area contributed by atoms with Crippen molar-refractivity contribution in [2.24, 2.45) is 0 Å². The second-order valence-corrected chi connectivity index (χ2v) is 25.4. The van der Waals surface area contributed by atoms with Crippen LogP contribution in [0.1, 0.15) is 0 Å². The van der Waals surface area contributed by atoms with Gasteiger partial charge < -0.3 is 24.3 Å². The van der Waals surface area contributed by atoms with Crippen LogP contribution in [-0.2, 0) is 0 Å². The van der Waals surface area contributed by atoms with Crippen molar-refractivity contribution < 1.29 is 4.74 Å². The molecule has 4 heterocycles. The number of benzene rings is 15. The number of ether oxygens (including phenoxy) is 1. The fraction of sp³-hybridized carbons (Fsp3) is 0. The molecule has 0 amide bonds. The van der Waals surface area contributed by atoms with Crippen LogP contribution in [-0.4, -0.2) is 13.4 Å². The van der Waals surface area contributed by atoms with Crippen LogP contribution in [0.15, 0.2) is 364 Å². The van der Waals surface area contributed by atoms with Gasteiger partial charge >= 0.3 is 0 Å². The van der Waals surface area contributed by atoms with Gasteiger partial charge in [-0.25, -0.2) is 0 Å². The van der Waals surface area contributed by atoms with E-state index in [2.05, 4.69) is 384 Å². The van der Waals surface area contributed by atoms with Crippen molar-refractivity contribution in [3.63, 3.8) is 0 Å². The van der Waals surface area contributed by atoms with Gasteiger partial charge in [0.25, 0.3) is 13.4 Å². The number of para-hydroxylation sites is 7. The number of hydrogen-bond donors (Lipinski definition) is 0. The Hall–Kier alpha value is -12.6. The summed E-state index contributed by atoms with van der Waals surface area (Å²) in [6.45, 7) is -0.465. The molecule has 15 aromatic rings. The van der Waals surface area contributed by atoms with Gasteiger partial charge in [-0.2, -0.15) is 0 Å². The van der Waals surface area contributed by atoms with Crippen molar-refractivity contribution in [3.8, 4) is 67.1 Å². The van der Waals surface area contributed by atoms with E-state index in [1.807, 2.05) is 0 Å². The smallest absolute Gasteiger partial charge is 0.256 e. The van der Waals surface area contributed by atoms with Crippen molar-refractivity contribution >= 4 is 114 Å². The predicted molar refractivity (Wildman–Crippen MR) is 408 cm³/mol. The molecule has 452 valence electrons. The molecular weight excluding hydrogens is 1170 g/mol. The standard InChI is InChI=1S/C90H60B2N4O/c1-8-31-61(32-9-1)66-55-83-89-87(56-66)97-86-60-82-76(59-77(86)92(89)75-50-25-29-54-81(75)96(83)90-72(64-37-14-4-15-38-64)47-30-48-73(90)65-39-16-5-17-40-65)91-74-49-24-28-53-80(74)94(78-51-26-22-45-70(78)62-33-10-2-11-34-62)84-57-69(93(67-41-18-6-19-42-67)68-43-20-7-21-44-68)58-85(88(84)91)95(82)79-52-27-23-46-71(79)63-35-12-3-13-36-63/h1-60H. The molecule has 4 aliphatic heterocycles. The van der Waals surface area contributed by atoms with Gasteiger partial charge in [-0.05, 0) is 139 Å². The molecule has 4 aliphatic rings. The van der Waals surface area contributed by atoms with Crippen molar-refractivity contribution in [2.45, 2.75) is 0 Å². The Morgan fingerprint density at radius 2 is 0.598 bits per heavy atom. The van der Waals surface area contributed by atoms with Crippen LogP contribution in [0, 0.1) is 0 Å². The molecule has 0 saturated heterocycles. The third kappa shape index (κ3) is 9.18.